The van der Waals surface area contributed by atoms with Crippen LogP contribution in [0.3, 0.4) is 0 Å². The van der Waals surface area contributed by atoms with Gasteiger partial charge in [0.2, 0.25) is 0 Å². The molecular weight excluding hydrogens is 186 g/mol. The van der Waals surface area contributed by atoms with Crippen molar-refractivity contribution in [1.29, 1.82) is 0 Å². The average Bonchev–Trinajstić information content (AvgIpc) is 2.21. The van der Waals surface area contributed by atoms with Crippen molar-refractivity contribution in [2.24, 2.45) is 0 Å². The summed E-state index contributed by atoms with van der Waals surface area (Å²) in [6, 6.07) is 0. The molecule has 1 N–H and O–H groups in total. The SMILES string of the molecule is CCCOCCOCCNC(=O)OC. The molecule has 0 radical (unpaired) electrons. The lowest BCUT2D eigenvalue weighted by Crippen LogP contribution is -2.27. The molecule has 0 rings (SSSR count). The van der Waals surface area contributed by atoms with Crippen LogP contribution in [0.2, 0.25) is 0 Å². The zero-order chi connectivity index (χ0) is 10.6. The summed E-state index contributed by atoms with van der Waals surface area (Å²) in [5.74, 6) is 0. The second kappa shape index (κ2) is 10.3. The minimum absolute atomic E-state index is 0.434. The largest absolute Gasteiger partial charge is 0.453 e. The fraction of sp³-hybridized carbons (Fsp3) is 0.889. The van der Waals surface area contributed by atoms with Gasteiger partial charge in [0.05, 0.1) is 26.9 Å². The van der Waals surface area contributed by atoms with Gasteiger partial charge in [0.1, 0.15) is 0 Å². The van der Waals surface area contributed by atoms with Gasteiger partial charge in [0.15, 0.2) is 0 Å². The maximum atomic E-state index is 10.6. The first-order valence-electron chi connectivity index (χ1n) is 4.78. The molecule has 0 aliphatic carbocycles. The lowest BCUT2D eigenvalue weighted by Gasteiger charge is -2.05. The van der Waals surface area contributed by atoms with Crippen LogP contribution in [-0.4, -0.2) is 46.2 Å². The van der Waals surface area contributed by atoms with Crippen LogP contribution in [-0.2, 0) is 14.2 Å². The number of hydrogen-bond acceptors (Lipinski definition) is 4. The number of methoxy groups -OCH3 is 1. The predicted molar refractivity (Wildman–Crippen MR) is 52.3 cm³/mol. The van der Waals surface area contributed by atoms with E-state index in [1.54, 1.807) is 0 Å². The summed E-state index contributed by atoms with van der Waals surface area (Å²) in [5.41, 5.74) is 0. The van der Waals surface area contributed by atoms with Gasteiger partial charge in [0.25, 0.3) is 0 Å². The molecule has 5 nitrogen and oxygen atoms in total. The minimum atomic E-state index is -0.434. The molecular formula is C9H19NO4. The number of carbonyl (C=O) groups is 1. The number of nitrogens with one attached hydrogen (secondary N) is 1. The van der Waals surface area contributed by atoms with E-state index in [-0.39, 0.29) is 0 Å². The van der Waals surface area contributed by atoms with E-state index < -0.39 is 6.09 Å². The van der Waals surface area contributed by atoms with Gasteiger partial charge in [-0.3, -0.25) is 0 Å². The van der Waals surface area contributed by atoms with Crippen LogP contribution in [0.5, 0.6) is 0 Å². The third kappa shape index (κ3) is 9.28. The Bertz CT molecular complexity index is 141. The van der Waals surface area contributed by atoms with Gasteiger partial charge >= 0.3 is 6.09 Å². The molecule has 0 bridgehead atoms. The van der Waals surface area contributed by atoms with Crippen molar-refractivity contribution in [3.8, 4) is 0 Å². The summed E-state index contributed by atoms with van der Waals surface area (Å²) in [6.45, 7) is 4.92. The summed E-state index contributed by atoms with van der Waals surface area (Å²) in [7, 11) is 1.33. The van der Waals surface area contributed by atoms with Crippen LogP contribution in [0, 0.1) is 0 Å². The van der Waals surface area contributed by atoms with Crippen molar-refractivity contribution in [3.63, 3.8) is 0 Å². The molecule has 14 heavy (non-hydrogen) atoms. The normalized spacial score (nSPS) is 9.86. The van der Waals surface area contributed by atoms with Crippen LogP contribution >= 0.6 is 0 Å². The first-order chi connectivity index (χ1) is 6.81. The van der Waals surface area contributed by atoms with Gasteiger partial charge in [-0.2, -0.15) is 0 Å². The van der Waals surface area contributed by atoms with E-state index in [1.807, 2.05) is 0 Å². The Balaban J connectivity index is 2.95. The molecule has 0 saturated carbocycles. The Labute approximate surface area is 84.7 Å². The maximum Gasteiger partial charge on any atom is 0.406 e. The first kappa shape index (κ1) is 13.2. The van der Waals surface area contributed by atoms with E-state index in [4.69, 9.17) is 9.47 Å². The zero-order valence-corrected chi connectivity index (χ0v) is 8.88. The zero-order valence-electron chi connectivity index (χ0n) is 8.88. The molecule has 0 saturated heterocycles. The molecule has 0 fully saturated rings. The van der Waals surface area contributed by atoms with Crippen molar-refractivity contribution in [3.05, 3.63) is 0 Å². The number of ether oxygens (including phenoxy) is 3. The van der Waals surface area contributed by atoms with Gasteiger partial charge in [-0.25, -0.2) is 4.79 Å². The van der Waals surface area contributed by atoms with Gasteiger partial charge in [-0.05, 0) is 6.42 Å². The molecule has 0 heterocycles. The van der Waals surface area contributed by atoms with Crippen LogP contribution in [0.15, 0.2) is 0 Å². The average molecular weight is 205 g/mol. The molecule has 0 aromatic rings. The fourth-order valence-electron chi connectivity index (χ4n) is 0.764. The van der Waals surface area contributed by atoms with Crippen molar-refractivity contribution >= 4 is 6.09 Å². The van der Waals surface area contributed by atoms with Crippen LogP contribution in [0.4, 0.5) is 4.79 Å². The number of amides is 1. The lowest BCUT2D eigenvalue weighted by atomic mass is 10.5. The highest BCUT2D eigenvalue weighted by molar-refractivity contribution is 5.66. The van der Waals surface area contributed by atoms with E-state index in [1.165, 1.54) is 7.11 Å². The monoisotopic (exact) mass is 205 g/mol. The smallest absolute Gasteiger partial charge is 0.406 e. The van der Waals surface area contributed by atoms with Crippen molar-refractivity contribution in [1.82, 2.24) is 5.32 Å². The lowest BCUT2D eigenvalue weighted by molar-refractivity contribution is 0.0489. The topological polar surface area (TPSA) is 56.8 Å². The summed E-state index contributed by atoms with van der Waals surface area (Å²) in [5, 5.41) is 2.51. The summed E-state index contributed by atoms with van der Waals surface area (Å²) in [4.78, 5) is 10.6. The minimum Gasteiger partial charge on any atom is -0.453 e. The molecule has 84 valence electrons. The molecule has 0 aliphatic rings. The van der Waals surface area contributed by atoms with E-state index in [0.717, 1.165) is 13.0 Å². The van der Waals surface area contributed by atoms with E-state index in [2.05, 4.69) is 17.0 Å². The number of carbonyl (C=O) groups excluding carboxylic acids is 1. The molecule has 0 atom stereocenters. The first-order valence-corrected chi connectivity index (χ1v) is 4.78. The van der Waals surface area contributed by atoms with Gasteiger partial charge in [-0.1, -0.05) is 6.92 Å². The molecule has 5 heteroatoms. The molecule has 0 spiro atoms. The third-order valence-corrected chi connectivity index (χ3v) is 1.42. The Morgan fingerprint density at radius 1 is 1.14 bits per heavy atom. The molecule has 0 aliphatic heterocycles. The molecule has 0 aromatic heterocycles. The second-order valence-electron chi connectivity index (χ2n) is 2.64. The van der Waals surface area contributed by atoms with Crippen molar-refractivity contribution in [2.45, 2.75) is 13.3 Å². The van der Waals surface area contributed by atoms with E-state index >= 15 is 0 Å². The Kier molecular flexibility index (Phi) is 9.68. The molecule has 0 unspecified atom stereocenters. The Morgan fingerprint density at radius 3 is 2.36 bits per heavy atom. The number of rotatable bonds is 8. The summed E-state index contributed by atoms with van der Waals surface area (Å²) < 4.78 is 14.8. The van der Waals surface area contributed by atoms with E-state index in [9.17, 15) is 4.79 Å². The fourth-order valence-corrected chi connectivity index (χ4v) is 0.764. The van der Waals surface area contributed by atoms with Crippen LogP contribution < -0.4 is 5.32 Å². The van der Waals surface area contributed by atoms with Gasteiger partial charge in [0, 0.05) is 13.2 Å². The Hall–Kier alpha value is -0.810. The highest BCUT2D eigenvalue weighted by Crippen LogP contribution is 1.81. The molecule has 0 aromatic carbocycles. The number of alkyl carbamates (subject to hydrolysis) is 1. The van der Waals surface area contributed by atoms with Crippen molar-refractivity contribution in [2.75, 3.05) is 40.1 Å². The summed E-state index contributed by atoms with van der Waals surface area (Å²) >= 11 is 0. The van der Waals surface area contributed by atoms with Gasteiger partial charge in [-0.15, -0.1) is 0 Å². The highest BCUT2D eigenvalue weighted by atomic mass is 16.5. The molecule has 1 amide bonds. The Morgan fingerprint density at radius 2 is 1.79 bits per heavy atom. The summed E-state index contributed by atoms with van der Waals surface area (Å²) in [6.07, 6.45) is 0.583. The van der Waals surface area contributed by atoms with Crippen LogP contribution in [0.25, 0.3) is 0 Å². The number of hydrogen-bond donors (Lipinski definition) is 1. The van der Waals surface area contributed by atoms with Gasteiger partial charge < -0.3 is 19.5 Å². The van der Waals surface area contributed by atoms with Crippen LogP contribution in [0.1, 0.15) is 13.3 Å². The quantitative estimate of drug-likeness (QED) is 0.595. The second-order valence-corrected chi connectivity index (χ2v) is 2.64. The standard InChI is InChI=1S/C9H19NO4/c1-3-5-13-7-8-14-6-4-10-9(11)12-2/h3-8H2,1-2H3,(H,10,11). The third-order valence-electron chi connectivity index (χ3n) is 1.42. The van der Waals surface area contributed by atoms with E-state index in [0.29, 0.717) is 26.4 Å². The maximum absolute atomic E-state index is 10.6. The predicted octanol–water partition coefficient (Wildman–Crippen LogP) is 0.786. The highest BCUT2D eigenvalue weighted by Gasteiger charge is 1.95. The van der Waals surface area contributed by atoms with Crippen molar-refractivity contribution < 1.29 is 19.0 Å².